The van der Waals surface area contributed by atoms with E-state index in [1.807, 2.05) is 12.1 Å². The monoisotopic (exact) mass is 326 g/mol. The number of hydrogen-bond donors (Lipinski definition) is 2. The van der Waals surface area contributed by atoms with Gasteiger partial charge >= 0.3 is 0 Å². The van der Waals surface area contributed by atoms with Gasteiger partial charge in [-0.05, 0) is 25.0 Å². The van der Waals surface area contributed by atoms with Crippen LogP contribution < -0.4 is 15.4 Å². The van der Waals surface area contributed by atoms with Crippen LogP contribution in [0.2, 0.25) is 0 Å². The van der Waals surface area contributed by atoms with Crippen LogP contribution in [0.4, 0.5) is 5.69 Å². The van der Waals surface area contributed by atoms with E-state index in [2.05, 4.69) is 26.6 Å². The first-order chi connectivity index (χ1) is 9.17. The number of anilines is 1. The summed E-state index contributed by atoms with van der Waals surface area (Å²) in [4.78, 5) is 11.9. The Morgan fingerprint density at radius 3 is 2.79 bits per heavy atom. The summed E-state index contributed by atoms with van der Waals surface area (Å²) in [5, 5.41) is 6.16. The standard InChI is InChI=1S/C14H19BrN2O2/c1-19-13-7-10(15)6-12(8-13)17-14(18)9-16-11-4-2-3-5-11/h6-8,11,16H,2-5,9H2,1H3,(H,17,18). The summed E-state index contributed by atoms with van der Waals surface area (Å²) < 4.78 is 6.04. The molecule has 1 aromatic rings. The lowest BCUT2D eigenvalue weighted by atomic mass is 10.2. The van der Waals surface area contributed by atoms with E-state index in [1.54, 1.807) is 13.2 Å². The van der Waals surface area contributed by atoms with Crippen molar-refractivity contribution in [3.8, 4) is 5.75 Å². The maximum atomic E-state index is 11.9. The molecule has 4 nitrogen and oxygen atoms in total. The molecule has 1 aliphatic carbocycles. The van der Waals surface area contributed by atoms with Crippen LogP contribution in [0.25, 0.3) is 0 Å². The van der Waals surface area contributed by atoms with Crippen molar-refractivity contribution in [2.45, 2.75) is 31.7 Å². The molecule has 1 aliphatic rings. The average molecular weight is 327 g/mol. The summed E-state index contributed by atoms with van der Waals surface area (Å²) in [6.45, 7) is 0.361. The molecule has 0 atom stereocenters. The number of benzene rings is 1. The van der Waals surface area contributed by atoms with E-state index < -0.39 is 0 Å². The molecular weight excluding hydrogens is 308 g/mol. The van der Waals surface area contributed by atoms with Gasteiger partial charge in [-0.15, -0.1) is 0 Å². The maximum absolute atomic E-state index is 11.9. The molecule has 0 heterocycles. The first-order valence-electron chi connectivity index (χ1n) is 6.55. The normalized spacial score (nSPS) is 15.5. The molecule has 0 spiro atoms. The number of nitrogens with one attached hydrogen (secondary N) is 2. The van der Waals surface area contributed by atoms with E-state index in [-0.39, 0.29) is 5.91 Å². The van der Waals surface area contributed by atoms with E-state index >= 15 is 0 Å². The van der Waals surface area contributed by atoms with Crippen molar-refractivity contribution in [2.24, 2.45) is 0 Å². The number of methoxy groups -OCH3 is 1. The molecular formula is C14H19BrN2O2. The Labute approximate surface area is 122 Å². The molecule has 0 unspecified atom stereocenters. The van der Waals surface area contributed by atoms with Gasteiger partial charge in [0, 0.05) is 22.3 Å². The van der Waals surface area contributed by atoms with Crippen LogP contribution >= 0.6 is 15.9 Å². The Bertz CT molecular complexity index is 445. The SMILES string of the molecule is COc1cc(Br)cc(NC(=O)CNC2CCCC2)c1. The lowest BCUT2D eigenvalue weighted by Gasteiger charge is -2.12. The zero-order valence-electron chi connectivity index (χ0n) is 11.0. The average Bonchev–Trinajstić information content (AvgIpc) is 2.88. The van der Waals surface area contributed by atoms with Crippen LogP contribution in [0, 0.1) is 0 Å². The van der Waals surface area contributed by atoms with Crippen LogP contribution in [-0.4, -0.2) is 25.6 Å². The van der Waals surface area contributed by atoms with Crippen molar-refractivity contribution < 1.29 is 9.53 Å². The largest absolute Gasteiger partial charge is 0.497 e. The van der Waals surface area contributed by atoms with Crippen molar-refractivity contribution in [2.75, 3.05) is 19.0 Å². The number of carbonyl (C=O) groups is 1. The van der Waals surface area contributed by atoms with Gasteiger partial charge in [0.25, 0.3) is 0 Å². The van der Waals surface area contributed by atoms with Crippen LogP contribution in [0.1, 0.15) is 25.7 Å². The molecule has 5 heteroatoms. The van der Waals surface area contributed by atoms with Gasteiger partial charge in [-0.2, -0.15) is 0 Å². The number of rotatable bonds is 5. The van der Waals surface area contributed by atoms with E-state index in [0.717, 1.165) is 10.2 Å². The summed E-state index contributed by atoms with van der Waals surface area (Å²) in [5.41, 5.74) is 0.740. The van der Waals surface area contributed by atoms with E-state index in [4.69, 9.17) is 4.74 Å². The first kappa shape index (κ1) is 14.3. The Balaban J connectivity index is 1.85. The highest BCUT2D eigenvalue weighted by atomic mass is 79.9. The minimum Gasteiger partial charge on any atom is -0.497 e. The molecule has 0 radical (unpaired) electrons. The van der Waals surface area contributed by atoms with Gasteiger partial charge in [0.1, 0.15) is 5.75 Å². The summed E-state index contributed by atoms with van der Waals surface area (Å²) >= 11 is 3.39. The second kappa shape index (κ2) is 6.91. The number of carbonyl (C=O) groups excluding carboxylic acids is 1. The molecule has 0 bridgehead atoms. The third-order valence-corrected chi connectivity index (χ3v) is 3.76. The van der Waals surface area contributed by atoms with Gasteiger partial charge in [-0.25, -0.2) is 0 Å². The number of amides is 1. The molecule has 1 fully saturated rings. The smallest absolute Gasteiger partial charge is 0.238 e. The van der Waals surface area contributed by atoms with Crippen LogP contribution in [-0.2, 0) is 4.79 Å². The van der Waals surface area contributed by atoms with E-state index in [9.17, 15) is 4.79 Å². The first-order valence-corrected chi connectivity index (χ1v) is 7.34. The van der Waals surface area contributed by atoms with E-state index in [1.165, 1.54) is 25.7 Å². The third-order valence-electron chi connectivity index (χ3n) is 3.30. The van der Waals surface area contributed by atoms with Crippen molar-refractivity contribution in [3.63, 3.8) is 0 Å². The Kier molecular flexibility index (Phi) is 5.22. The summed E-state index contributed by atoms with van der Waals surface area (Å²) in [5.74, 6) is 0.695. The summed E-state index contributed by atoms with van der Waals surface area (Å²) in [6.07, 6.45) is 4.89. The van der Waals surface area contributed by atoms with Gasteiger partial charge in [0.05, 0.1) is 13.7 Å². The molecule has 2 N–H and O–H groups in total. The van der Waals surface area contributed by atoms with E-state index in [0.29, 0.717) is 18.3 Å². The Morgan fingerprint density at radius 1 is 1.37 bits per heavy atom. The second-order valence-electron chi connectivity index (χ2n) is 4.79. The zero-order chi connectivity index (χ0) is 13.7. The highest BCUT2D eigenvalue weighted by molar-refractivity contribution is 9.10. The van der Waals surface area contributed by atoms with Crippen molar-refractivity contribution in [1.29, 1.82) is 0 Å². The predicted octanol–water partition coefficient (Wildman–Crippen LogP) is 2.93. The minimum absolute atomic E-state index is 0.0212. The summed E-state index contributed by atoms with van der Waals surface area (Å²) in [7, 11) is 1.61. The number of hydrogen-bond acceptors (Lipinski definition) is 3. The van der Waals surface area contributed by atoms with Crippen LogP contribution in [0.3, 0.4) is 0 Å². The lowest BCUT2D eigenvalue weighted by Crippen LogP contribution is -2.34. The topological polar surface area (TPSA) is 50.4 Å². The van der Waals surface area contributed by atoms with Crippen LogP contribution in [0.15, 0.2) is 22.7 Å². The fourth-order valence-electron chi connectivity index (χ4n) is 2.32. The second-order valence-corrected chi connectivity index (χ2v) is 5.71. The molecule has 0 aromatic heterocycles. The molecule has 0 saturated heterocycles. The number of ether oxygens (including phenoxy) is 1. The molecule has 1 saturated carbocycles. The van der Waals surface area contributed by atoms with Gasteiger partial charge < -0.3 is 15.4 Å². The van der Waals surface area contributed by atoms with Gasteiger partial charge in [-0.1, -0.05) is 28.8 Å². The maximum Gasteiger partial charge on any atom is 0.238 e. The van der Waals surface area contributed by atoms with Gasteiger partial charge in [0.15, 0.2) is 0 Å². The molecule has 1 amide bonds. The molecule has 2 rings (SSSR count). The molecule has 1 aromatic carbocycles. The highest BCUT2D eigenvalue weighted by Gasteiger charge is 2.15. The molecule has 19 heavy (non-hydrogen) atoms. The van der Waals surface area contributed by atoms with Crippen molar-refractivity contribution in [3.05, 3.63) is 22.7 Å². The quantitative estimate of drug-likeness (QED) is 0.874. The van der Waals surface area contributed by atoms with Crippen molar-refractivity contribution in [1.82, 2.24) is 5.32 Å². The number of halogens is 1. The predicted molar refractivity (Wildman–Crippen MR) is 79.6 cm³/mol. The van der Waals surface area contributed by atoms with Gasteiger partial charge in [-0.3, -0.25) is 4.79 Å². The third kappa shape index (κ3) is 4.51. The fraction of sp³-hybridized carbons (Fsp3) is 0.500. The Morgan fingerprint density at radius 2 is 2.11 bits per heavy atom. The Hall–Kier alpha value is -1.07. The highest BCUT2D eigenvalue weighted by Crippen LogP contribution is 2.24. The van der Waals surface area contributed by atoms with Crippen molar-refractivity contribution >= 4 is 27.5 Å². The zero-order valence-corrected chi connectivity index (χ0v) is 12.6. The molecule has 104 valence electrons. The summed E-state index contributed by atoms with van der Waals surface area (Å²) in [6, 6.07) is 6.02. The minimum atomic E-state index is -0.0212. The molecule has 0 aliphatic heterocycles. The fourth-order valence-corrected chi connectivity index (χ4v) is 2.80. The van der Waals surface area contributed by atoms with Gasteiger partial charge in [0.2, 0.25) is 5.91 Å². The van der Waals surface area contributed by atoms with Crippen LogP contribution in [0.5, 0.6) is 5.75 Å². The lowest BCUT2D eigenvalue weighted by molar-refractivity contribution is -0.115.